The predicted octanol–water partition coefficient (Wildman–Crippen LogP) is 3.96. The number of nitrogens with zero attached hydrogens (tertiary/aromatic N) is 3. The summed E-state index contributed by atoms with van der Waals surface area (Å²) in [6.07, 6.45) is 0. The fraction of sp³-hybridized carbons (Fsp3) is 0.235. The van der Waals surface area contributed by atoms with E-state index < -0.39 is 0 Å². The first-order chi connectivity index (χ1) is 11.6. The summed E-state index contributed by atoms with van der Waals surface area (Å²) in [4.78, 5) is 12.8. The number of thiophene rings is 1. The van der Waals surface area contributed by atoms with E-state index in [2.05, 4.69) is 16.3 Å². The number of aryl methyl sites for hydroxylation is 1. The highest BCUT2D eigenvalue weighted by Crippen LogP contribution is 2.32. The van der Waals surface area contributed by atoms with Crippen molar-refractivity contribution in [1.29, 1.82) is 0 Å². The van der Waals surface area contributed by atoms with Gasteiger partial charge in [-0.25, -0.2) is 0 Å². The Hall–Kier alpha value is -2.12. The minimum absolute atomic E-state index is 0.281. The number of esters is 1. The SMILES string of the molecule is COC(=O)C(C)Sc1nnc(-c2cccs2)n1-c1cccc(C)c1. The van der Waals surface area contributed by atoms with Gasteiger partial charge in [0.05, 0.1) is 17.7 Å². The molecule has 0 aliphatic heterocycles. The highest BCUT2D eigenvalue weighted by atomic mass is 32.2. The Balaban J connectivity index is 2.08. The van der Waals surface area contributed by atoms with E-state index in [0.29, 0.717) is 5.16 Å². The van der Waals surface area contributed by atoms with Crippen molar-refractivity contribution in [3.05, 3.63) is 47.3 Å². The zero-order chi connectivity index (χ0) is 17.1. The molecule has 0 amide bonds. The molecule has 1 atom stereocenters. The summed E-state index contributed by atoms with van der Waals surface area (Å²) in [5.41, 5.74) is 2.12. The van der Waals surface area contributed by atoms with Crippen LogP contribution in [0.5, 0.6) is 0 Å². The van der Waals surface area contributed by atoms with Crippen molar-refractivity contribution < 1.29 is 9.53 Å². The lowest BCUT2D eigenvalue weighted by atomic mass is 10.2. The standard InChI is InChI=1S/C17H17N3O2S2/c1-11-6-4-7-13(10-11)20-15(14-8-5-9-23-14)18-19-17(20)24-12(2)16(21)22-3/h4-10,12H,1-3H3. The van der Waals surface area contributed by atoms with Gasteiger partial charge in [-0.3, -0.25) is 9.36 Å². The quantitative estimate of drug-likeness (QED) is 0.510. The van der Waals surface area contributed by atoms with Crippen molar-refractivity contribution in [3.8, 4) is 16.4 Å². The molecule has 0 radical (unpaired) electrons. The molecule has 2 aromatic heterocycles. The average Bonchev–Trinajstić information content (AvgIpc) is 3.23. The third-order valence-electron chi connectivity index (χ3n) is 3.45. The summed E-state index contributed by atoms with van der Waals surface area (Å²) in [6.45, 7) is 3.85. The molecule has 24 heavy (non-hydrogen) atoms. The lowest BCUT2D eigenvalue weighted by molar-refractivity contribution is -0.139. The molecule has 5 nitrogen and oxygen atoms in total. The van der Waals surface area contributed by atoms with Crippen LogP contribution in [0.1, 0.15) is 12.5 Å². The van der Waals surface area contributed by atoms with Crippen LogP contribution >= 0.6 is 23.1 Å². The second-order valence-corrected chi connectivity index (χ2v) is 7.50. The number of hydrogen-bond donors (Lipinski definition) is 0. The van der Waals surface area contributed by atoms with Gasteiger partial charge >= 0.3 is 5.97 Å². The van der Waals surface area contributed by atoms with E-state index in [-0.39, 0.29) is 11.2 Å². The van der Waals surface area contributed by atoms with Gasteiger partial charge in [0.1, 0.15) is 5.25 Å². The molecule has 0 bridgehead atoms. The van der Waals surface area contributed by atoms with Crippen molar-refractivity contribution in [3.63, 3.8) is 0 Å². The fourth-order valence-corrected chi connectivity index (χ4v) is 3.88. The number of aromatic nitrogens is 3. The van der Waals surface area contributed by atoms with Crippen LogP contribution in [-0.2, 0) is 9.53 Å². The van der Waals surface area contributed by atoms with E-state index >= 15 is 0 Å². The van der Waals surface area contributed by atoms with Gasteiger partial charge in [0, 0.05) is 0 Å². The van der Waals surface area contributed by atoms with Crippen molar-refractivity contribution in [2.75, 3.05) is 7.11 Å². The van der Waals surface area contributed by atoms with Crippen LogP contribution in [0.25, 0.3) is 16.4 Å². The Bertz CT molecular complexity index is 843. The zero-order valence-electron chi connectivity index (χ0n) is 13.6. The predicted molar refractivity (Wildman–Crippen MR) is 96.7 cm³/mol. The van der Waals surface area contributed by atoms with Gasteiger partial charge in [-0.05, 0) is 43.0 Å². The van der Waals surface area contributed by atoms with Crippen LogP contribution in [0.4, 0.5) is 0 Å². The second-order valence-electron chi connectivity index (χ2n) is 5.24. The minimum Gasteiger partial charge on any atom is -0.468 e. The van der Waals surface area contributed by atoms with Gasteiger partial charge in [0.25, 0.3) is 0 Å². The Morgan fingerprint density at radius 3 is 2.79 bits per heavy atom. The first-order valence-electron chi connectivity index (χ1n) is 7.41. The van der Waals surface area contributed by atoms with Crippen LogP contribution in [0.15, 0.2) is 46.9 Å². The smallest absolute Gasteiger partial charge is 0.318 e. The summed E-state index contributed by atoms with van der Waals surface area (Å²) >= 11 is 2.95. The van der Waals surface area contributed by atoms with Crippen LogP contribution in [0, 0.1) is 6.92 Å². The molecule has 1 unspecified atom stereocenters. The topological polar surface area (TPSA) is 57.0 Å². The fourth-order valence-electron chi connectivity index (χ4n) is 2.28. The first kappa shape index (κ1) is 16.7. The van der Waals surface area contributed by atoms with Crippen molar-refractivity contribution in [1.82, 2.24) is 14.8 Å². The highest BCUT2D eigenvalue weighted by molar-refractivity contribution is 8.00. The normalized spacial score (nSPS) is 12.1. The molecule has 2 heterocycles. The number of thioether (sulfide) groups is 1. The monoisotopic (exact) mass is 359 g/mol. The highest BCUT2D eigenvalue weighted by Gasteiger charge is 2.22. The number of carbonyl (C=O) groups excluding carboxylic acids is 1. The number of rotatable bonds is 5. The molecule has 124 valence electrons. The largest absolute Gasteiger partial charge is 0.468 e. The molecule has 0 saturated heterocycles. The molecule has 3 aromatic rings. The van der Waals surface area contributed by atoms with E-state index in [0.717, 1.165) is 22.0 Å². The number of carbonyl (C=O) groups is 1. The molecule has 7 heteroatoms. The summed E-state index contributed by atoms with van der Waals surface area (Å²) in [5, 5.41) is 11.0. The number of benzene rings is 1. The van der Waals surface area contributed by atoms with Crippen molar-refractivity contribution in [2.45, 2.75) is 24.3 Å². The zero-order valence-corrected chi connectivity index (χ0v) is 15.2. The van der Waals surface area contributed by atoms with Crippen LogP contribution in [0.2, 0.25) is 0 Å². The van der Waals surface area contributed by atoms with Crippen molar-refractivity contribution >= 4 is 29.1 Å². The summed E-state index contributed by atoms with van der Waals surface area (Å²) in [6, 6.07) is 12.1. The Morgan fingerprint density at radius 1 is 1.29 bits per heavy atom. The van der Waals surface area contributed by atoms with Gasteiger partial charge in [-0.2, -0.15) is 0 Å². The molecule has 0 N–H and O–H groups in total. The van der Waals surface area contributed by atoms with Crippen LogP contribution in [-0.4, -0.2) is 33.1 Å². The van der Waals surface area contributed by atoms with E-state index in [1.807, 2.05) is 47.2 Å². The summed E-state index contributed by atoms with van der Waals surface area (Å²) in [7, 11) is 1.39. The number of ether oxygens (including phenoxy) is 1. The average molecular weight is 359 g/mol. The Kier molecular flexibility index (Phi) is 5.01. The summed E-state index contributed by atoms with van der Waals surface area (Å²) < 4.78 is 6.80. The van der Waals surface area contributed by atoms with E-state index in [9.17, 15) is 4.79 Å². The number of hydrogen-bond acceptors (Lipinski definition) is 6. The summed E-state index contributed by atoms with van der Waals surface area (Å²) in [5.74, 6) is 0.492. The molecule has 0 aliphatic carbocycles. The maximum atomic E-state index is 11.8. The van der Waals surface area contributed by atoms with E-state index in [4.69, 9.17) is 4.74 Å². The molecular weight excluding hydrogens is 342 g/mol. The maximum Gasteiger partial charge on any atom is 0.318 e. The third-order valence-corrected chi connectivity index (χ3v) is 5.34. The van der Waals surface area contributed by atoms with Crippen LogP contribution < -0.4 is 0 Å². The lowest BCUT2D eigenvalue weighted by Crippen LogP contribution is -2.15. The van der Waals surface area contributed by atoms with Gasteiger partial charge in [-0.15, -0.1) is 21.5 Å². The molecule has 3 rings (SSSR count). The molecule has 0 aliphatic rings. The van der Waals surface area contributed by atoms with Crippen LogP contribution in [0.3, 0.4) is 0 Å². The second kappa shape index (κ2) is 7.19. The van der Waals surface area contributed by atoms with Gasteiger partial charge in [0.15, 0.2) is 11.0 Å². The van der Waals surface area contributed by atoms with Gasteiger partial charge < -0.3 is 4.74 Å². The molecule has 1 aromatic carbocycles. The number of methoxy groups -OCH3 is 1. The van der Waals surface area contributed by atoms with Crippen molar-refractivity contribution in [2.24, 2.45) is 0 Å². The molecule has 0 spiro atoms. The maximum absolute atomic E-state index is 11.8. The minimum atomic E-state index is -0.362. The van der Waals surface area contributed by atoms with Gasteiger partial charge in [-0.1, -0.05) is 30.0 Å². The van der Waals surface area contributed by atoms with Gasteiger partial charge in [0.2, 0.25) is 0 Å². The first-order valence-corrected chi connectivity index (χ1v) is 9.17. The van der Waals surface area contributed by atoms with E-state index in [1.54, 1.807) is 18.3 Å². The third kappa shape index (κ3) is 3.37. The Morgan fingerprint density at radius 2 is 2.12 bits per heavy atom. The molecular formula is C17H17N3O2S2. The molecule has 0 fully saturated rings. The molecule has 0 saturated carbocycles. The van der Waals surface area contributed by atoms with E-state index in [1.165, 1.54) is 18.9 Å². The lowest BCUT2D eigenvalue weighted by Gasteiger charge is -2.12. The Labute approximate surface area is 148 Å².